The van der Waals surface area contributed by atoms with Crippen LogP contribution in [0.25, 0.3) is 10.9 Å². The van der Waals surface area contributed by atoms with Crippen LogP contribution in [0, 0.1) is 0 Å². The molecule has 3 rings (SSSR count). The second-order valence-corrected chi connectivity index (χ2v) is 4.85. The zero-order chi connectivity index (χ0) is 12.4. The molecule has 4 heteroatoms. The number of hydrazine groups is 1. The zero-order valence-electron chi connectivity index (χ0n) is 9.71. The van der Waals surface area contributed by atoms with Crippen LogP contribution in [0.2, 0.25) is 0 Å². The van der Waals surface area contributed by atoms with Crippen LogP contribution >= 0.6 is 11.3 Å². The van der Waals surface area contributed by atoms with E-state index in [0.717, 1.165) is 16.5 Å². The highest BCUT2D eigenvalue weighted by atomic mass is 32.1. The van der Waals surface area contributed by atoms with Crippen molar-refractivity contribution in [1.29, 1.82) is 0 Å². The molecule has 0 saturated heterocycles. The van der Waals surface area contributed by atoms with Crippen LogP contribution in [0.15, 0.2) is 53.4 Å². The van der Waals surface area contributed by atoms with Crippen molar-refractivity contribution in [3.8, 4) is 0 Å². The first kappa shape index (κ1) is 11.3. The molecule has 3 N–H and O–H groups in total. The summed E-state index contributed by atoms with van der Waals surface area (Å²) in [6.45, 7) is 0. The van der Waals surface area contributed by atoms with Gasteiger partial charge in [0.15, 0.2) is 0 Å². The fourth-order valence-corrected chi connectivity index (χ4v) is 2.86. The quantitative estimate of drug-likeness (QED) is 0.559. The van der Waals surface area contributed by atoms with Gasteiger partial charge in [0.2, 0.25) is 0 Å². The monoisotopic (exact) mass is 255 g/mol. The SMILES string of the molecule is NNC(c1ccsc1)c1ccnc2ccccc12. The normalized spacial score (nSPS) is 12.7. The molecule has 18 heavy (non-hydrogen) atoms. The molecule has 90 valence electrons. The van der Waals surface area contributed by atoms with Crippen molar-refractivity contribution in [2.45, 2.75) is 6.04 Å². The van der Waals surface area contributed by atoms with Gasteiger partial charge in [-0.05, 0) is 40.1 Å². The molecule has 0 radical (unpaired) electrons. The van der Waals surface area contributed by atoms with Gasteiger partial charge in [-0.2, -0.15) is 11.3 Å². The lowest BCUT2D eigenvalue weighted by molar-refractivity contribution is 0.642. The van der Waals surface area contributed by atoms with E-state index in [9.17, 15) is 0 Å². The standard InChI is InChI=1S/C14H13N3S/c15-17-14(10-6-8-18-9-10)12-5-7-16-13-4-2-1-3-11(12)13/h1-9,14,17H,15H2. The Morgan fingerprint density at radius 1 is 1.17 bits per heavy atom. The topological polar surface area (TPSA) is 50.9 Å². The summed E-state index contributed by atoms with van der Waals surface area (Å²) < 4.78 is 0. The maximum Gasteiger partial charge on any atom is 0.0725 e. The third-order valence-corrected chi connectivity index (χ3v) is 3.74. The molecular weight excluding hydrogens is 242 g/mol. The smallest absolute Gasteiger partial charge is 0.0725 e. The number of benzene rings is 1. The van der Waals surface area contributed by atoms with E-state index in [1.54, 1.807) is 11.3 Å². The molecule has 1 unspecified atom stereocenters. The molecule has 1 atom stereocenters. The van der Waals surface area contributed by atoms with Gasteiger partial charge in [-0.3, -0.25) is 10.8 Å². The first-order chi connectivity index (χ1) is 8.90. The van der Waals surface area contributed by atoms with Crippen molar-refractivity contribution < 1.29 is 0 Å². The highest BCUT2D eigenvalue weighted by Gasteiger charge is 2.15. The van der Waals surface area contributed by atoms with E-state index >= 15 is 0 Å². The Labute approximate surface area is 109 Å². The number of nitrogens with one attached hydrogen (secondary N) is 1. The van der Waals surface area contributed by atoms with Crippen molar-refractivity contribution in [3.05, 3.63) is 64.5 Å². The van der Waals surface area contributed by atoms with Crippen molar-refractivity contribution in [2.24, 2.45) is 5.84 Å². The minimum absolute atomic E-state index is 0.00384. The Bertz CT molecular complexity index is 644. The number of fused-ring (bicyclic) bond motifs is 1. The van der Waals surface area contributed by atoms with Gasteiger partial charge < -0.3 is 0 Å². The molecule has 3 aromatic rings. The number of rotatable bonds is 3. The van der Waals surface area contributed by atoms with Gasteiger partial charge in [0, 0.05) is 11.6 Å². The van der Waals surface area contributed by atoms with E-state index in [-0.39, 0.29) is 6.04 Å². The highest BCUT2D eigenvalue weighted by Crippen LogP contribution is 2.28. The summed E-state index contributed by atoms with van der Waals surface area (Å²) in [4.78, 5) is 4.37. The molecule has 0 fully saturated rings. The number of nitrogens with two attached hydrogens (primary N) is 1. The van der Waals surface area contributed by atoms with E-state index in [2.05, 4.69) is 33.3 Å². The van der Waals surface area contributed by atoms with Gasteiger partial charge >= 0.3 is 0 Å². The lowest BCUT2D eigenvalue weighted by atomic mass is 9.98. The third kappa shape index (κ3) is 1.90. The van der Waals surface area contributed by atoms with E-state index in [0.29, 0.717) is 0 Å². The molecule has 0 amide bonds. The van der Waals surface area contributed by atoms with Gasteiger partial charge in [-0.15, -0.1) is 0 Å². The Kier molecular flexibility index (Phi) is 3.06. The van der Waals surface area contributed by atoms with Gasteiger partial charge in [0.1, 0.15) is 0 Å². The second kappa shape index (κ2) is 4.86. The fraction of sp³-hybridized carbons (Fsp3) is 0.0714. The van der Waals surface area contributed by atoms with Crippen molar-refractivity contribution in [3.63, 3.8) is 0 Å². The van der Waals surface area contributed by atoms with Gasteiger partial charge in [-0.1, -0.05) is 18.2 Å². The summed E-state index contributed by atoms with van der Waals surface area (Å²) in [5.41, 5.74) is 6.22. The van der Waals surface area contributed by atoms with Crippen LogP contribution in [0.1, 0.15) is 17.2 Å². The molecule has 0 saturated carbocycles. The van der Waals surface area contributed by atoms with E-state index < -0.39 is 0 Å². The second-order valence-electron chi connectivity index (χ2n) is 4.07. The predicted molar refractivity (Wildman–Crippen MR) is 75.2 cm³/mol. The molecule has 2 aromatic heterocycles. The average molecular weight is 255 g/mol. The van der Waals surface area contributed by atoms with Gasteiger partial charge in [0.25, 0.3) is 0 Å². The van der Waals surface area contributed by atoms with E-state index in [4.69, 9.17) is 5.84 Å². The van der Waals surface area contributed by atoms with Crippen molar-refractivity contribution in [2.75, 3.05) is 0 Å². The summed E-state index contributed by atoms with van der Waals surface area (Å²) >= 11 is 1.67. The van der Waals surface area contributed by atoms with Crippen LogP contribution in [0.4, 0.5) is 0 Å². The molecule has 0 bridgehead atoms. The van der Waals surface area contributed by atoms with Crippen LogP contribution in [-0.2, 0) is 0 Å². The first-order valence-electron chi connectivity index (χ1n) is 5.72. The first-order valence-corrected chi connectivity index (χ1v) is 6.66. The minimum Gasteiger partial charge on any atom is -0.271 e. The molecule has 0 spiro atoms. The molecule has 0 aliphatic heterocycles. The number of hydrogen-bond donors (Lipinski definition) is 2. The number of hydrogen-bond acceptors (Lipinski definition) is 4. The summed E-state index contributed by atoms with van der Waals surface area (Å²) in [6, 6.07) is 12.2. The van der Waals surface area contributed by atoms with Gasteiger partial charge in [-0.25, -0.2) is 5.43 Å². The number of para-hydroxylation sites is 1. The Morgan fingerprint density at radius 2 is 2.06 bits per heavy atom. The Balaban J connectivity index is 2.18. The molecule has 2 heterocycles. The van der Waals surface area contributed by atoms with Crippen LogP contribution in [-0.4, -0.2) is 4.98 Å². The number of pyridine rings is 1. The zero-order valence-corrected chi connectivity index (χ0v) is 10.5. The molecule has 0 aliphatic carbocycles. The summed E-state index contributed by atoms with van der Waals surface area (Å²) in [6.07, 6.45) is 1.83. The average Bonchev–Trinajstić information content (AvgIpc) is 2.94. The molecule has 0 aliphatic rings. The Morgan fingerprint density at radius 3 is 2.83 bits per heavy atom. The lowest BCUT2D eigenvalue weighted by Gasteiger charge is -2.17. The maximum absolute atomic E-state index is 5.72. The molecule has 3 nitrogen and oxygen atoms in total. The van der Waals surface area contributed by atoms with E-state index in [1.165, 1.54) is 5.56 Å². The Hall–Kier alpha value is -1.75. The van der Waals surface area contributed by atoms with Crippen molar-refractivity contribution >= 4 is 22.2 Å². The fourth-order valence-electron chi connectivity index (χ4n) is 2.17. The van der Waals surface area contributed by atoms with Crippen molar-refractivity contribution in [1.82, 2.24) is 10.4 Å². The summed E-state index contributed by atoms with van der Waals surface area (Å²) in [7, 11) is 0. The summed E-state index contributed by atoms with van der Waals surface area (Å²) in [5.74, 6) is 5.72. The number of aromatic nitrogens is 1. The molecule has 1 aromatic carbocycles. The van der Waals surface area contributed by atoms with Crippen LogP contribution in [0.5, 0.6) is 0 Å². The lowest BCUT2D eigenvalue weighted by Crippen LogP contribution is -2.28. The van der Waals surface area contributed by atoms with Crippen LogP contribution < -0.4 is 11.3 Å². The predicted octanol–water partition coefficient (Wildman–Crippen LogP) is 2.85. The maximum atomic E-state index is 5.72. The van der Waals surface area contributed by atoms with Crippen LogP contribution in [0.3, 0.4) is 0 Å². The van der Waals surface area contributed by atoms with E-state index in [1.807, 2.05) is 30.5 Å². The molecular formula is C14H13N3S. The number of nitrogens with zero attached hydrogens (tertiary/aromatic N) is 1. The largest absolute Gasteiger partial charge is 0.271 e. The highest BCUT2D eigenvalue weighted by molar-refractivity contribution is 7.08. The number of thiophene rings is 1. The summed E-state index contributed by atoms with van der Waals surface area (Å²) in [5, 5.41) is 5.30. The van der Waals surface area contributed by atoms with Gasteiger partial charge in [0.05, 0.1) is 11.6 Å². The minimum atomic E-state index is 0.00384. The third-order valence-electron chi connectivity index (χ3n) is 3.04.